The first-order valence-electron chi connectivity index (χ1n) is 9.49. The lowest BCUT2D eigenvalue weighted by Crippen LogP contribution is -2.08. The van der Waals surface area contributed by atoms with Gasteiger partial charge in [0.25, 0.3) is 0 Å². The molecule has 4 aromatic rings. The van der Waals surface area contributed by atoms with Crippen molar-refractivity contribution in [2.24, 2.45) is 5.73 Å². The fourth-order valence-corrected chi connectivity index (χ4v) is 3.16. The van der Waals surface area contributed by atoms with Gasteiger partial charge in [-0.1, -0.05) is 96.2 Å². The zero-order chi connectivity index (χ0) is 19.6. The molecule has 3 aromatic carbocycles. The standard InChI is InChI=1S/C23H21N3.CH5N/c1-4-10-19(11-5-1)16-22-23(17-20-12-6-2-7-13-20)26(25-24-22)18-21-14-8-3-9-15-21;1-2/h1-15H,16-18H2;2H2,1H3. The largest absolute Gasteiger partial charge is 0.333 e. The van der Waals surface area contributed by atoms with Crippen LogP contribution < -0.4 is 5.73 Å². The second-order valence-corrected chi connectivity index (χ2v) is 6.45. The van der Waals surface area contributed by atoms with Crippen molar-refractivity contribution in [3.63, 3.8) is 0 Å². The van der Waals surface area contributed by atoms with Gasteiger partial charge in [-0.25, -0.2) is 4.68 Å². The monoisotopic (exact) mass is 370 g/mol. The van der Waals surface area contributed by atoms with E-state index in [4.69, 9.17) is 0 Å². The Morgan fingerprint density at radius 3 is 1.64 bits per heavy atom. The Morgan fingerprint density at radius 2 is 1.11 bits per heavy atom. The second kappa shape index (κ2) is 10.2. The lowest BCUT2D eigenvalue weighted by molar-refractivity contribution is 0.625. The third-order valence-electron chi connectivity index (χ3n) is 4.52. The summed E-state index contributed by atoms with van der Waals surface area (Å²) < 4.78 is 2.04. The Balaban J connectivity index is 0.00000109. The van der Waals surface area contributed by atoms with Gasteiger partial charge in [-0.2, -0.15) is 0 Å². The van der Waals surface area contributed by atoms with Crippen LogP contribution in [-0.2, 0) is 19.4 Å². The highest BCUT2D eigenvalue weighted by molar-refractivity contribution is 5.29. The first-order chi connectivity index (χ1) is 13.9. The van der Waals surface area contributed by atoms with Crippen LogP contribution in [0, 0.1) is 0 Å². The number of hydrogen-bond acceptors (Lipinski definition) is 3. The minimum Gasteiger partial charge on any atom is -0.333 e. The highest BCUT2D eigenvalue weighted by atomic mass is 15.4. The van der Waals surface area contributed by atoms with Gasteiger partial charge in [-0.15, -0.1) is 5.10 Å². The summed E-state index contributed by atoms with van der Waals surface area (Å²) in [4.78, 5) is 0. The number of aromatic nitrogens is 3. The van der Waals surface area contributed by atoms with Gasteiger partial charge in [0, 0.05) is 12.8 Å². The molecule has 0 aliphatic carbocycles. The van der Waals surface area contributed by atoms with Gasteiger partial charge < -0.3 is 5.73 Å². The minimum absolute atomic E-state index is 0.741. The van der Waals surface area contributed by atoms with Crippen LogP contribution in [0.2, 0.25) is 0 Å². The molecule has 0 fully saturated rings. The van der Waals surface area contributed by atoms with Gasteiger partial charge in [0.2, 0.25) is 0 Å². The molecule has 0 unspecified atom stereocenters. The topological polar surface area (TPSA) is 56.7 Å². The number of benzene rings is 3. The average Bonchev–Trinajstić information content (AvgIpc) is 3.13. The molecule has 0 atom stereocenters. The third kappa shape index (κ3) is 5.15. The van der Waals surface area contributed by atoms with Gasteiger partial charge in [-0.3, -0.25) is 0 Å². The maximum Gasteiger partial charge on any atom is 0.0906 e. The van der Waals surface area contributed by atoms with Crippen molar-refractivity contribution in [1.29, 1.82) is 0 Å². The van der Waals surface area contributed by atoms with Crippen LogP contribution >= 0.6 is 0 Å². The fraction of sp³-hybridized carbons (Fsp3) is 0.167. The number of hydrogen-bond donors (Lipinski definition) is 1. The first-order valence-corrected chi connectivity index (χ1v) is 9.49. The molecule has 0 amide bonds. The van der Waals surface area contributed by atoms with E-state index in [0.29, 0.717) is 0 Å². The summed E-state index contributed by atoms with van der Waals surface area (Å²) in [6.45, 7) is 0.741. The molecular formula is C24H26N4. The van der Waals surface area contributed by atoms with E-state index in [1.807, 2.05) is 22.9 Å². The van der Waals surface area contributed by atoms with Crippen LogP contribution in [0.25, 0.3) is 0 Å². The summed E-state index contributed by atoms with van der Waals surface area (Å²) in [6.07, 6.45) is 1.64. The molecule has 2 N–H and O–H groups in total. The average molecular weight is 371 g/mol. The summed E-state index contributed by atoms with van der Waals surface area (Å²) in [5, 5.41) is 8.99. The SMILES string of the molecule is CN.c1ccc(Cc2nnn(Cc3ccccc3)c2Cc2ccccc2)cc1. The molecule has 0 radical (unpaired) electrons. The van der Waals surface area contributed by atoms with Crippen molar-refractivity contribution in [2.75, 3.05) is 7.05 Å². The Kier molecular flexibility index (Phi) is 7.10. The van der Waals surface area contributed by atoms with Crippen molar-refractivity contribution < 1.29 is 0 Å². The third-order valence-corrected chi connectivity index (χ3v) is 4.52. The smallest absolute Gasteiger partial charge is 0.0906 e. The van der Waals surface area contributed by atoms with E-state index in [-0.39, 0.29) is 0 Å². The summed E-state index contributed by atoms with van der Waals surface area (Å²) in [5.74, 6) is 0. The number of nitrogens with zero attached hydrogens (tertiary/aromatic N) is 3. The molecule has 0 saturated carbocycles. The van der Waals surface area contributed by atoms with Crippen molar-refractivity contribution in [2.45, 2.75) is 19.4 Å². The maximum absolute atomic E-state index is 4.52. The van der Waals surface area contributed by atoms with E-state index in [0.717, 1.165) is 25.1 Å². The van der Waals surface area contributed by atoms with E-state index < -0.39 is 0 Å². The Bertz CT molecular complexity index is 889. The van der Waals surface area contributed by atoms with E-state index in [2.05, 4.69) is 88.8 Å². The van der Waals surface area contributed by atoms with Gasteiger partial charge in [0.1, 0.15) is 0 Å². The van der Waals surface area contributed by atoms with Crippen LogP contribution in [0.4, 0.5) is 0 Å². The van der Waals surface area contributed by atoms with Crippen molar-refractivity contribution in [3.8, 4) is 0 Å². The molecule has 0 aliphatic heterocycles. The van der Waals surface area contributed by atoms with Gasteiger partial charge in [-0.05, 0) is 23.7 Å². The lowest BCUT2D eigenvalue weighted by Gasteiger charge is -2.09. The highest BCUT2D eigenvalue weighted by Crippen LogP contribution is 2.17. The highest BCUT2D eigenvalue weighted by Gasteiger charge is 2.14. The van der Waals surface area contributed by atoms with Crippen LogP contribution in [0.1, 0.15) is 28.1 Å². The zero-order valence-corrected chi connectivity index (χ0v) is 16.2. The van der Waals surface area contributed by atoms with Crippen molar-refractivity contribution in [3.05, 3.63) is 119 Å². The molecule has 0 saturated heterocycles. The number of nitrogens with two attached hydrogens (primary N) is 1. The molecule has 4 rings (SSSR count). The van der Waals surface area contributed by atoms with E-state index in [1.54, 1.807) is 0 Å². The molecular weight excluding hydrogens is 344 g/mol. The summed E-state index contributed by atoms with van der Waals surface area (Å²) in [5.41, 5.74) is 10.5. The van der Waals surface area contributed by atoms with Crippen molar-refractivity contribution in [1.82, 2.24) is 15.0 Å². The van der Waals surface area contributed by atoms with Crippen LogP contribution in [0.15, 0.2) is 91.0 Å². The molecule has 1 heterocycles. The van der Waals surface area contributed by atoms with Crippen LogP contribution in [0.5, 0.6) is 0 Å². The van der Waals surface area contributed by atoms with E-state index in [1.165, 1.54) is 29.4 Å². The molecule has 0 spiro atoms. The van der Waals surface area contributed by atoms with Gasteiger partial charge >= 0.3 is 0 Å². The Hall–Kier alpha value is -3.24. The molecule has 4 nitrogen and oxygen atoms in total. The maximum atomic E-state index is 4.52. The predicted molar refractivity (Wildman–Crippen MR) is 114 cm³/mol. The molecule has 28 heavy (non-hydrogen) atoms. The Morgan fingerprint density at radius 1 is 0.643 bits per heavy atom. The Labute approximate surface area is 166 Å². The summed E-state index contributed by atoms with van der Waals surface area (Å²) >= 11 is 0. The normalized spacial score (nSPS) is 10.2. The van der Waals surface area contributed by atoms with Crippen LogP contribution in [0.3, 0.4) is 0 Å². The molecule has 0 bridgehead atoms. The number of rotatable bonds is 6. The van der Waals surface area contributed by atoms with Gasteiger partial charge in [0.05, 0.1) is 17.9 Å². The molecule has 0 aliphatic rings. The first kappa shape index (κ1) is 19.5. The zero-order valence-electron chi connectivity index (χ0n) is 16.2. The van der Waals surface area contributed by atoms with E-state index in [9.17, 15) is 0 Å². The second-order valence-electron chi connectivity index (χ2n) is 6.45. The summed E-state index contributed by atoms with van der Waals surface area (Å²) in [7, 11) is 1.50. The lowest BCUT2D eigenvalue weighted by atomic mass is 10.0. The van der Waals surface area contributed by atoms with Gasteiger partial charge in [0.15, 0.2) is 0 Å². The summed E-state index contributed by atoms with van der Waals surface area (Å²) in [6, 6.07) is 31.4. The van der Waals surface area contributed by atoms with Crippen molar-refractivity contribution >= 4 is 0 Å². The molecule has 4 heteroatoms. The quantitative estimate of drug-likeness (QED) is 0.556. The van der Waals surface area contributed by atoms with E-state index >= 15 is 0 Å². The van der Waals surface area contributed by atoms with Crippen LogP contribution in [-0.4, -0.2) is 22.0 Å². The fourth-order valence-electron chi connectivity index (χ4n) is 3.16. The minimum atomic E-state index is 0.741. The predicted octanol–water partition coefficient (Wildman–Crippen LogP) is 4.08. The molecule has 142 valence electrons. The molecule has 1 aromatic heterocycles.